The third-order valence-corrected chi connectivity index (χ3v) is 2.99. The van der Waals surface area contributed by atoms with E-state index in [1.807, 2.05) is 31.2 Å². The number of hydrogen-bond donors (Lipinski definition) is 1. The van der Waals surface area contributed by atoms with Crippen LogP contribution in [0.4, 0.5) is 5.69 Å². The van der Waals surface area contributed by atoms with Crippen molar-refractivity contribution in [3.05, 3.63) is 54.1 Å². The Labute approximate surface area is 131 Å². The standard InChI is InChI=1S/C18H21NO3/c1-3-12-22-17-7-5-6-15(13-17)19-18(20)14-8-10-16(11-9-14)21-4-2/h5-11,13H,3-4,12H2,1-2H3,(H,19,20). The number of rotatable bonds is 7. The quantitative estimate of drug-likeness (QED) is 0.836. The number of anilines is 1. The van der Waals surface area contributed by atoms with E-state index in [0.717, 1.165) is 17.9 Å². The smallest absolute Gasteiger partial charge is 0.255 e. The first-order valence-corrected chi connectivity index (χ1v) is 7.50. The van der Waals surface area contributed by atoms with Crippen molar-refractivity contribution in [2.45, 2.75) is 20.3 Å². The van der Waals surface area contributed by atoms with Crippen LogP contribution < -0.4 is 14.8 Å². The van der Waals surface area contributed by atoms with E-state index in [-0.39, 0.29) is 5.91 Å². The van der Waals surface area contributed by atoms with Crippen LogP contribution in [0.15, 0.2) is 48.5 Å². The summed E-state index contributed by atoms with van der Waals surface area (Å²) in [5.41, 5.74) is 1.30. The van der Waals surface area contributed by atoms with E-state index >= 15 is 0 Å². The fourth-order valence-electron chi connectivity index (χ4n) is 1.96. The number of benzene rings is 2. The predicted molar refractivity (Wildman–Crippen MR) is 87.8 cm³/mol. The molecule has 0 saturated carbocycles. The maximum absolute atomic E-state index is 12.2. The molecule has 4 heteroatoms. The highest BCUT2D eigenvalue weighted by molar-refractivity contribution is 6.04. The molecule has 22 heavy (non-hydrogen) atoms. The van der Waals surface area contributed by atoms with Crippen molar-refractivity contribution in [2.75, 3.05) is 18.5 Å². The number of nitrogens with one attached hydrogen (secondary N) is 1. The number of hydrogen-bond acceptors (Lipinski definition) is 3. The first kappa shape index (κ1) is 15.9. The summed E-state index contributed by atoms with van der Waals surface area (Å²) in [7, 11) is 0. The summed E-state index contributed by atoms with van der Waals surface area (Å²) in [6.45, 7) is 5.25. The monoisotopic (exact) mass is 299 g/mol. The lowest BCUT2D eigenvalue weighted by atomic mass is 10.2. The fourth-order valence-corrected chi connectivity index (χ4v) is 1.96. The molecule has 0 atom stereocenters. The number of ether oxygens (including phenoxy) is 2. The van der Waals surface area contributed by atoms with E-state index < -0.39 is 0 Å². The van der Waals surface area contributed by atoms with E-state index in [1.165, 1.54) is 0 Å². The van der Waals surface area contributed by atoms with Crippen molar-refractivity contribution < 1.29 is 14.3 Å². The van der Waals surface area contributed by atoms with Gasteiger partial charge in [-0.2, -0.15) is 0 Å². The summed E-state index contributed by atoms with van der Waals surface area (Å²) < 4.78 is 10.9. The Kier molecular flexibility index (Phi) is 5.83. The van der Waals surface area contributed by atoms with Crippen LogP contribution in [0.3, 0.4) is 0 Å². The van der Waals surface area contributed by atoms with Crippen molar-refractivity contribution >= 4 is 11.6 Å². The molecule has 0 unspecified atom stereocenters. The van der Waals surface area contributed by atoms with Crippen LogP contribution in [0.2, 0.25) is 0 Å². The zero-order valence-corrected chi connectivity index (χ0v) is 13.0. The molecule has 2 aromatic rings. The first-order chi connectivity index (χ1) is 10.7. The Morgan fingerprint density at radius 1 is 1.00 bits per heavy atom. The summed E-state index contributed by atoms with van der Waals surface area (Å²) in [5, 5.41) is 2.87. The van der Waals surface area contributed by atoms with Gasteiger partial charge < -0.3 is 14.8 Å². The van der Waals surface area contributed by atoms with Crippen LogP contribution in [0.5, 0.6) is 11.5 Å². The van der Waals surface area contributed by atoms with Gasteiger partial charge in [-0.15, -0.1) is 0 Å². The first-order valence-electron chi connectivity index (χ1n) is 7.50. The second kappa shape index (κ2) is 8.08. The Balaban J connectivity index is 2.01. The molecular formula is C18H21NO3. The van der Waals surface area contributed by atoms with Crippen molar-refractivity contribution in [2.24, 2.45) is 0 Å². The minimum absolute atomic E-state index is 0.157. The van der Waals surface area contributed by atoms with Gasteiger partial charge in [0.2, 0.25) is 0 Å². The topological polar surface area (TPSA) is 47.6 Å². The molecule has 0 aliphatic carbocycles. The van der Waals surface area contributed by atoms with Crippen LogP contribution in [-0.4, -0.2) is 19.1 Å². The minimum Gasteiger partial charge on any atom is -0.494 e. The molecule has 0 aromatic heterocycles. The average molecular weight is 299 g/mol. The van der Waals surface area contributed by atoms with Crippen LogP contribution >= 0.6 is 0 Å². The van der Waals surface area contributed by atoms with Gasteiger partial charge in [0.1, 0.15) is 11.5 Å². The normalized spacial score (nSPS) is 10.1. The van der Waals surface area contributed by atoms with Gasteiger partial charge in [0.15, 0.2) is 0 Å². The van der Waals surface area contributed by atoms with E-state index in [0.29, 0.717) is 24.5 Å². The lowest BCUT2D eigenvalue weighted by Gasteiger charge is -2.09. The molecule has 0 radical (unpaired) electrons. The van der Waals surface area contributed by atoms with Gasteiger partial charge in [-0.25, -0.2) is 0 Å². The second-order valence-electron chi connectivity index (χ2n) is 4.79. The maximum Gasteiger partial charge on any atom is 0.255 e. The molecule has 116 valence electrons. The van der Waals surface area contributed by atoms with Crippen LogP contribution in [0.25, 0.3) is 0 Å². The zero-order chi connectivity index (χ0) is 15.8. The third kappa shape index (κ3) is 4.52. The highest BCUT2D eigenvalue weighted by Gasteiger charge is 2.07. The molecule has 2 aromatic carbocycles. The summed E-state index contributed by atoms with van der Waals surface area (Å²) in [4.78, 5) is 12.2. The Morgan fingerprint density at radius 2 is 1.77 bits per heavy atom. The summed E-state index contributed by atoms with van der Waals surface area (Å²) in [6.07, 6.45) is 0.947. The molecule has 0 spiro atoms. The number of amides is 1. The van der Waals surface area contributed by atoms with Gasteiger partial charge in [-0.1, -0.05) is 13.0 Å². The molecule has 1 N–H and O–H groups in total. The third-order valence-electron chi connectivity index (χ3n) is 2.99. The molecule has 0 bridgehead atoms. The molecule has 4 nitrogen and oxygen atoms in total. The summed E-state index contributed by atoms with van der Waals surface area (Å²) in [5.74, 6) is 1.36. The summed E-state index contributed by atoms with van der Waals surface area (Å²) in [6, 6.07) is 14.5. The van der Waals surface area contributed by atoms with E-state index in [9.17, 15) is 4.79 Å². The Hall–Kier alpha value is -2.49. The van der Waals surface area contributed by atoms with Gasteiger partial charge in [-0.3, -0.25) is 4.79 Å². The zero-order valence-electron chi connectivity index (χ0n) is 13.0. The Morgan fingerprint density at radius 3 is 2.45 bits per heavy atom. The minimum atomic E-state index is -0.157. The second-order valence-corrected chi connectivity index (χ2v) is 4.79. The fraction of sp³-hybridized carbons (Fsp3) is 0.278. The van der Waals surface area contributed by atoms with Gasteiger partial charge in [0.25, 0.3) is 5.91 Å². The Bertz CT molecular complexity index is 608. The van der Waals surface area contributed by atoms with Gasteiger partial charge in [-0.05, 0) is 49.7 Å². The van der Waals surface area contributed by atoms with E-state index in [2.05, 4.69) is 12.2 Å². The lowest BCUT2D eigenvalue weighted by Crippen LogP contribution is -2.11. The maximum atomic E-state index is 12.2. The van der Waals surface area contributed by atoms with Gasteiger partial charge >= 0.3 is 0 Å². The van der Waals surface area contributed by atoms with Crippen molar-refractivity contribution in [1.82, 2.24) is 0 Å². The highest BCUT2D eigenvalue weighted by Crippen LogP contribution is 2.19. The molecule has 0 aliphatic rings. The summed E-state index contributed by atoms with van der Waals surface area (Å²) >= 11 is 0. The molecule has 0 heterocycles. The molecule has 0 saturated heterocycles. The van der Waals surface area contributed by atoms with Crippen LogP contribution in [0.1, 0.15) is 30.6 Å². The van der Waals surface area contributed by atoms with Crippen molar-refractivity contribution in [1.29, 1.82) is 0 Å². The van der Waals surface area contributed by atoms with Crippen molar-refractivity contribution in [3.63, 3.8) is 0 Å². The molecule has 1 amide bonds. The lowest BCUT2D eigenvalue weighted by molar-refractivity contribution is 0.102. The molecule has 2 rings (SSSR count). The van der Waals surface area contributed by atoms with Crippen LogP contribution in [-0.2, 0) is 0 Å². The van der Waals surface area contributed by atoms with Crippen LogP contribution in [0, 0.1) is 0 Å². The van der Waals surface area contributed by atoms with E-state index in [4.69, 9.17) is 9.47 Å². The molecule has 0 aliphatic heterocycles. The number of carbonyl (C=O) groups excluding carboxylic acids is 1. The van der Waals surface area contributed by atoms with Crippen molar-refractivity contribution in [3.8, 4) is 11.5 Å². The average Bonchev–Trinajstić information content (AvgIpc) is 2.54. The van der Waals surface area contributed by atoms with E-state index in [1.54, 1.807) is 24.3 Å². The number of carbonyl (C=O) groups is 1. The molecule has 0 fully saturated rings. The molecular weight excluding hydrogens is 278 g/mol. The van der Waals surface area contributed by atoms with Gasteiger partial charge in [0.05, 0.1) is 13.2 Å². The highest BCUT2D eigenvalue weighted by atomic mass is 16.5. The SMILES string of the molecule is CCCOc1cccc(NC(=O)c2ccc(OCC)cc2)c1. The van der Waals surface area contributed by atoms with Gasteiger partial charge in [0, 0.05) is 17.3 Å². The predicted octanol–water partition coefficient (Wildman–Crippen LogP) is 4.13. The largest absolute Gasteiger partial charge is 0.494 e.